The van der Waals surface area contributed by atoms with Crippen LogP contribution in [0.25, 0.3) is 0 Å². The lowest BCUT2D eigenvalue weighted by Gasteiger charge is -2.26. The third-order valence-electron chi connectivity index (χ3n) is 4.00. The van der Waals surface area contributed by atoms with Crippen molar-refractivity contribution in [3.05, 3.63) is 18.0 Å². The summed E-state index contributed by atoms with van der Waals surface area (Å²) in [6.07, 6.45) is 8.32. The number of aromatic nitrogens is 2. The quantitative estimate of drug-likeness (QED) is 0.803. The molecular weight excluding hydrogens is 212 g/mol. The summed E-state index contributed by atoms with van der Waals surface area (Å²) in [4.78, 5) is 12.1. The van der Waals surface area contributed by atoms with Gasteiger partial charge in [0.1, 0.15) is 5.78 Å². The Morgan fingerprint density at radius 1 is 1.41 bits per heavy atom. The van der Waals surface area contributed by atoms with Crippen LogP contribution in [0.3, 0.4) is 0 Å². The van der Waals surface area contributed by atoms with Gasteiger partial charge in [-0.1, -0.05) is 13.3 Å². The number of aryl methyl sites for hydroxylation is 1. The van der Waals surface area contributed by atoms with Crippen LogP contribution in [0.5, 0.6) is 0 Å². The van der Waals surface area contributed by atoms with E-state index in [9.17, 15) is 4.79 Å². The molecule has 17 heavy (non-hydrogen) atoms. The fourth-order valence-electron chi connectivity index (χ4n) is 2.77. The number of hydrogen-bond donors (Lipinski definition) is 0. The summed E-state index contributed by atoms with van der Waals surface area (Å²) in [5, 5.41) is 4.27. The molecule has 1 saturated carbocycles. The molecule has 0 aliphatic heterocycles. The van der Waals surface area contributed by atoms with Gasteiger partial charge in [-0.2, -0.15) is 5.10 Å². The summed E-state index contributed by atoms with van der Waals surface area (Å²) in [6, 6.07) is 1.94. The molecule has 1 aromatic heterocycles. The molecule has 0 aromatic carbocycles. The van der Waals surface area contributed by atoms with Gasteiger partial charge in [-0.05, 0) is 37.7 Å². The van der Waals surface area contributed by atoms with Crippen molar-refractivity contribution in [3.8, 4) is 0 Å². The minimum absolute atomic E-state index is 0.291. The van der Waals surface area contributed by atoms with Crippen LogP contribution in [0.15, 0.2) is 12.3 Å². The first kappa shape index (κ1) is 12.3. The smallest absolute Gasteiger partial charge is 0.141 e. The van der Waals surface area contributed by atoms with Crippen LogP contribution in [0, 0.1) is 11.8 Å². The fourth-order valence-corrected chi connectivity index (χ4v) is 2.77. The van der Waals surface area contributed by atoms with E-state index >= 15 is 0 Å². The van der Waals surface area contributed by atoms with Crippen LogP contribution in [0.4, 0.5) is 0 Å². The molecule has 0 spiro atoms. The Bertz CT molecular complexity index is 375. The third kappa shape index (κ3) is 3.18. The second kappa shape index (κ2) is 5.48. The standard InChI is InChI=1S/C14H22N2O/c1-3-11-4-6-12(7-5-11)14(17)10-13-8-9-16(2)15-13/h8-9,11-12H,3-7,10H2,1-2H3. The van der Waals surface area contributed by atoms with Crippen molar-refractivity contribution in [2.45, 2.75) is 45.4 Å². The molecule has 0 atom stereocenters. The second-order valence-electron chi connectivity index (χ2n) is 5.25. The molecule has 94 valence electrons. The molecule has 0 bridgehead atoms. The molecule has 1 aliphatic carbocycles. The Morgan fingerprint density at radius 3 is 2.65 bits per heavy atom. The maximum Gasteiger partial charge on any atom is 0.141 e. The zero-order valence-corrected chi connectivity index (χ0v) is 10.9. The van der Waals surface area contributed by atoms with Crippen LogP contribution < -0.4 is 0 Å². The van der Waals surface area contributed by atoms with Gasteiger partial charge in [-0.25, -0.2) is 0 Å². The molecule has 0 N–H and O–H groups in total. The highest BCUT2D eigenvalue weighted by Crippen LogP contribution is 2.31. The lowest BCUT2D eigenvalue weighted by molar-refractivity contribution is -0.123. The predicted octanol–water partition coefficient (Wildman–Crippen LogP) is 2.75. The average molecular weight is 234 g/mol. The number of hydrogen-bond acceptors (Lipinski definition) is 2. The maximum atomic E-state index is 12.1. The lowest BCUT2D eigenvalue weighted by atomic mass is 9.78. The van der Waals surface area contributed by atoms with Crippen molar-refractivity contribution in [1.82, 2.24) is 9.78 Å². The molecule has 0 unspecified atom stereocenters. The SMILES string of the molecule is CCC1CCC(C(=O)Cc2ccn(C)n2)CC1. The largest absolute Gasteiger partial charge is 0.299 e. The molecule has 3 heteroatoms. The number of carbonyl (C=O) groups excluding carboxylic acids is 1. The molecule has 1 heterocycles. The van der Waals surface area contributed by atoms with E-state index in [2.05, 4.69) is 12.0 Å². The molecule has 1 fully saturated rings. The van der Waals surface area contributed by atoms with Gasteiger partial charge in [0.2, 0.25) is 0 Å². The van der Waals surface area contributed by atoms with E-state index < -0.39 is 0 Å². The number of rotatable bonds is 4. The Morgan fingerprint density at radius 2 is 2.12 bits per heavy atom. The van der Waals surface area contributed by atoms with E-state index in [0.29, 0.717) is 18.1 Å². The average Bonchev–Trinajstić information content (AvgIpc) is 2.75. The van der Waals surface area contributed by atoms with E-state index in [1.165, 1.54) is 19.3 Å². The fraction of sp³-hybridized carbons (Fsp3) is 0.714. The van der Waals surface area contributed by atoms with E-state index in [1.54, 1.807) is 4.68 Å². The molecule has 1 aromatic rings. The number of carbonyl (C=O) groups is 1. The van der Waals surface area contributed by atoms with Crippen LogP contribution in [-0.2, 0) is 18.3 Å². The number of ketones is 1. The molecule has 0 saturated heterocycles. The highest BCUT2D eigenvalue weighted by Gasteiger charge is 2.25. The van der Waals surface area contributed by atoms with Crippen molar-refractivity contribution in [2.24, 2.45) is 18.9 Å². The number of Topliss-reactive ketones (excluding diaryl/α,β-unsaturated/α-hetero) is 1. The van der Waals surface area contributed by atoms with Crippen LogP contribution in [0.2, 0.25) is 0 Å². The maximum absolute atomic E-state index is 12.1. The Kier molecular flexibility index (Phi) is 3.97. The zero-order valence-electron chi connectivity index (χ0n) is 10.9. The molecule has 1 aliphatic rings. The lowest BCUT2D eigenvalue weighted by Crippen LogP contribution is -2.23. The van der Waals surface area contributed by atoms with Gasteiger partial charge in [-0.15, -0.1) is 0 Å². The summed E-state index contributed by atoms with van der Waals surface area (Å²) in [6.45, 7) is 2.25. The van der Waals surface area contributed by atoms with E-state index in [1.807, 2.05) is 19.3 Å². The summed E-state index contributed by atoms with van der Waals surface area (Å²) >= 11 is 0. The van der Waals surface area contributed by atoms with E-state index in [4.69, 9.17) is 0 Å². The van der Waals surface area contributed by atoms with E-state index in [0.717, 1.165) is 24.5 Å². The molecule has 0 radical (unpaired) electrons. The summed E-state index contributed by atoms with van der Waals surface area (Å²) in [7, 11) is 1.89. The van der Waals surface area contributed by atoms with Gasteiger partial charge in [0, 0.05) is 19.2 Å². The summed E-state index contributed by atoms with van der Waals surface area (Å²) in [5.74, 6) is 1.53. The van der Waals surface area contributed by atoms with Crippen molar-refractivity contribution in [2.75, 3.05) is 0 Å². The Labute approximate surface area is 103 Å². The van der Waals surface area contributed by atoms with E-state index in [-0.39, 0.29) is 0 Å². The third-order valence-corrected chi connectivity index (χ3v) is 4.00. The molecule has 3 nitrogen and oxygen atoms in total. The normalized spacial score (nSPS) is 24.8. The van der Waals surface area contributed by atoms with Gasteiger partial charge in [0.15, 0.2) is 0 Å². The molecular formula is C14H22N2O. The van der Waals surface area contributed by atoms with Gasteiger partial charge >= 0.3 is 0 Å². The first-order valence-corrected chi connectivity index (χ1v) is 6.70. The monoisotopic (exact) mass is 234 g/mol. The summed E-state index contributed by atoms with van der Waals surface area (Å²) in [5.41, 5.74) is 0.912. The van der Waals surface area contributed by atoms with Gasteiger partial charge in [0.05, 0.1) is 12.1 Å². The van der Waals surface area contributed by atoms with Crippen molar-refractivity contribution in [1.29, 1.82) is 0 Å². The number of nitrogens with zero attached hydrogens (tertiary/aromatic N) is 2. The van der Waals surface area contributed by atoms with Gasteiger partial charge in [0.25, 0.3) is 0 Å². The van der Waals surface area contributed by atoms with Crippen molar-refractivity contribution >= 4 is 5.78 Å². The van der Waals surface area contributed by atoms with Crippen LogP contribution >= 0.6 is 0 Å². The first-order chi connectivity index (χ1) is 8.19. The topological polar surface area (TPSA) is 34.9 Å². The zero-order chi connectivity index (χ0) is 12.3. The Hall–Kier alpha value is -1.12. The van der Waals surface area contributed by atoms with Crippen molar-refractivity contribution in [3.63, 3.8) is 0 Å². The van der Waals surface area contributed by atoms with Crippen molar-refractivity contribution < 1.29 is 4.79 Å². The minimum atomic E-state index is 0.291. The minimum Gasteiger partial charge on any atom is -0.299 e. The summed E-state index contributed by atoms with van der Waals surface area (Å²) < 4.78 is 1.76. The van der Waals surface area contributed by atoms with Crippen LogP contribution in [0.1, 0.15) is 44.7 Å². The van der Waals surface area contributed by atoms with Gasteiger partial charge < -0.3 is 0 Å². The highest BCUT2D eigenvalue weighted by molar-refractivity contribution is 5.82. The Balaban J connectivity index is 1.85. The second-order valence-corrected chi connectivity index (χ2v) is 5.25. The van der Waals surface area contributed by atoms with Gasteiger partial charge in [-0.3, -0.25) is 9.48 Å². The molecule has 0 amide bonds. The molecule has 2 rings (SSSR count). The first-order valence-electron chi connectivity index (χ1n) is 6.70. The highest BCUT2D eigenvalue weighted by atomic mass is 16.1. The predicted molar refractivity (Wildman–Crippen MR) is 67.7 cm³/mol. The van der Waals surface area contributed by atoms with Crippen LogP contribution in [-0.4, -0.2) is 15.6 Å².